The molecule has 0 saturated carbocycles. The second-order valence-electron chi connectivity index (χ2n) is 4.05. The van der Waals surface area contributed by atoms with Gasteiger partial charge >= 0.3 is 0 Å². The van der Waals surface area contributed by atoms with Gasteiger partial charge in [-0.25, -0.2) is 0 Å². The summed E-state index contributed by atoms with van der Waals surface area (Å²) < 4.78 is 5.87. The van der Waals surface area contributed by atoms with Gasteiger partial charge in [0.2, 0.25) is 0 Å². The first kappa shape index (κ1) is 15.8. The number of ether oxygens (including phenoxy) is 1. The second kappa shape index (κ2) is 8.93. The van der Waals surface area contributed by atoms with Crippen molar-refractivity contribution in [2.24, 2.45) is 5.73 Å². The predicted molar refractivity (Wildman–Crippen MR) is 69.7 cm³/mol. The number of nitrogens with zero attached hydrogens (tertiary/aromatic N) is 1. The minimum absolute atomic E-state index is 0.144. The first-order chi connectivity index (χ1) is 7.81. The van der Waals surface area contributed by atoms with E-state index in [1.165, 1.54) is 19.9 Å². The number of nitrogens with two attached hydrogens (primary N) is 1. The van der Waals surface area contributed by atoms with Gasteiger partial charge in [0.15, 0.2) is 0 Å². The van der Waals surface area contributed by atoms with Gasteiger partial charge in [-0.1, -0.05) is 13.8 Å². The van der Waals surface area contributed by atoms with E-state index in [1.807, 2.05) is 13.8 Å². The Bertz CT molecular complexity index is 153. The summed E-state index contributed by atoms with van der Waals surface area (Å²) >= 11 is 0. The zero-order chi connectivity index (χ0) is 12.4. The first-order valence-electron chi connectivity index (χ1n) is 6.42. The van der Waals surface area contributed by atoms with Gasteiger partial charge in [0.25, 0.3) is 0 Å². The highest BCUT2D eigenvalue weighted by Gasteiger charge is 2.36. The van der Waals surface area contributed by atoms with Crippen molar-refractivity contribution in [3.8, 4) is 0 Å². The Morgan fingerprint density at radius 2 is 2.00 bits per heavy atom. The molecule has 4 nitrogen and oxygen atoms in total. The van der Waals surface area contributed by atoms with Gasteiger partial charge in [0.1, 0.15) is 0 Å². The molecular weight excluding hydrogens is 202 g/mol. The Labute approximate surface area is 101 Å². The van der Waals surface area contributed by atoms with Crippen LogP contribution in [0.5, 0.6) is 0 Å². The van der Waals surface area contributed by atoms with E-state index in [9.17, 15) is 0 Å². The van der Waals surface area contributed by atoms with Crippen LogP contribution in [0.4, 0.5) is 0 Å². The monoisotopic (exact) mass is 231 g/mol. The molecule has 2 rings (SSSR count). The molecule has 0 radical (unpaired) electrons. The zero-order valence-electron chi connectivity index (χ0n) is 11.4. The standard InChI is InChI=1S/C9H18N2O.C2H6.CH5N/c1-11-5-6-12-9(8-11)3-2-4-10-7-9;2*1-2/h10H,2-8H2,1H3;1-2H3;2H2,1H3. The third-order valence-corrected chi connectivity index (χ3v) is 2.87. The van der Waals surface area contributed by atoms with Crippen molar-refractivity contribution in [2.45, 2.75) is 32.3 Å². The van der Waals surface area contributed by atoms with E-state index < -0.39 is 0 Å². The summed E-state index contributed by atoms with van der Waals surface area (Å²) in [5.41, 5.74) is 4.64. The maximum absolute atomic E-state index is 5.87. The molecule has 3 N–H and O–H groups in total. The minimum Gasteiger partial charge on any atom is -0.371 e. The molecule has 0 aromatic carbocycles. The van der Waals surface area contributed by atoms with Crippen molar-refractivity contribution in [3.05, 3.63) is 0 Å². The molecule has 4 heteroatoms. The summed E-state index contributed by atoms with van der Waals surface area (Å²) in [7, 11) is 3.68. The van der Waals surface area contributed by atoms with Crippen LogP contribution in [0, 0.1) is 0 Å². The van der Waals surface area contributed by atoms with Crippen LogP contribution < -0.4 is 11.1 Å². The van der Waals surface area contributed by atoms with Crippen LogP contribution in [0.15, 0.2) is 0 Å². The lowest BCUT2D eigenvalue weighted by Crippen LogP contribution is -2.57. The van der Waals surface area contributed by atoms with E-state index in [2.05, 4.69) is 23.0 Å². The molecule has 16 heavy (non-hydrogen) atoms. The van der Waals surface area contributed by atoms with Gasteiger partial charge < -0.3 is 20.7 Å². The Hall–Kier alpha value is -0.160. The van der Waals surface area contributed by atoms with E-state index in [-0.39, 0.29) is 5.60 Å². The topological polar surface area (TPSA) is 50.5 Å². The van der Waals surface area contributed by atoms with Crippen molar-refractivity contribution in [2.75, 3.05) is 46.9 Å². The first-order valence-corrected chi connectivity index (χ1v) is 6.42. The zero-order valence-corrected chi connectivity index (χ0v) is 11.4. The fourth-order valence-corrected chi connectivity index (χ4v) is 2.23. The fourth-order valence-electron chi connectivity index (χ4n) is 2.23. The highest BCUT2D eigenvalue weighted by molar-refractivity contribution is 4.91. The van der Waals surface area contributed by atoms with E-state index in [0.29, 0.717) is 0 Å². The Kier molecular flexibility index (Phi) is 8.84. The lowest BCUT2D eigenvalue weighted by Gasteiger charge is -2.44. The molecule has 2 aliphatic rings. The van der Waals surface area contributed by atoms with Crippen LogP contribution in [0.3, 0.4) is 0 Å². The SMILES string of the molecule is CC.CN.CN1CCOC2(CCCNC2)C1. The number of nitrogens with one attached hydrogen (secondary N) is 1. The number of piperidine rings is 1. The molecule has 2 heterocycles. The van der Waals surface area contributed by atoms with Gasteiger partial charge in [0, 0.05) is 19.6 Å². The molecule has 1 atom stereocenters. The molecule has 0 aromatic heterocycles. The smallest absolute Gasteiger partial charge is 0.0933 e. The van der Waals surface area contributed by atoms with E-state index >= 15 is 0 Å². The van der Waals surface area contributed by atoms with E-state index in [1.54, 1.807) is 0 Å². The maximum Gasteiger partial charge on any atom is 0.0933 e. The lowest BCUT2D eigenvalue weighted by atomic mass is 9.92. The van der Waals surface area contributed by atoms with Crippen molar-refractivity contribution < 1.29 is 4.74 Å². The summed E-state index contributed by atoms with van der Waals surface area (Å²) in [6, 6.07) is 0. The maximum atomic E-state index is 5.87. The van der Waals surface area contributed by atoms with E-state index in [0.717, 1.165) is 32.8 Å². The largest absolute Gasteiger partial charge is 0.371 e. The van der Waals surface area contributed by atoms with Crippen molar-refractivity contribution in [1.82, 2.24) is 10.2 Å². The molecule has 1 spiro atoms. The molecule has 1 unspecified atom stereocenters. The van der Waals surface area contributed by atoms with Crippen molar-refractivity contribution in [1.29, 1.82) is 0 Å². The number of likely N-dealkylation sites (N-methyl/N-ethyl adjacent to an activating group) is 1. The second-order valence-corrected chi connectivity index (χ2v) is 4.05. The normalized spacial score (nSPS) is 29.8. The van der Waals surface area contributed by atoms with E-state index in [4.69, 9.17) is 4.74 Å². The van der Waals surface area contributed by atoms with Crippen molar-refractivity contribution in [3.63, 3.8) is 0 Å². The van der Waals surface area contributed by atoms with Crippen LogP contribution in [0.2, 0.25) is 0 Å². The summed E-state index contributed by atoms with van der Waals surface area (Å²) in [6.45, 7) is 9.28. The average molecular weight is 231 g/mol. The number of hydrogen-bond acceptors (Lipinski definition) is 4. The number of morpholine rings is 1. The summed E-state index contributed by atoms with van der Waals surface area (Å²) in [6.07, 6.45) is 2.48. The third-order valence-electron chi connectivity index (χ3n) is 2.87. The Morgan fingerprint density at radius 1 is 1.31 bits per heavy atom. The van der Waals surface area contributed by atoms with Gasteiger partial charge in [-0.2, -0.15) is 0 Å². The number of hydrogen-bond donors (Lipinski definition) is 2. The van der Waals surface area contributed by atoms with Crippen LogP contribution in [-0.2, 0) is 4.74 Å². The molecule has 0 amide bonds. The van der Waals surface area contributed by atoms with Crippen LogP contribution in [0.1, 0.15) is 26.7 Å². The van der Waals surface area contributed by atoms with Gasteiger partial charge in [-0.15, -0.1) is 0 Å². The van der Waals surface area contributed by atoms with Crippen LogP contribution >= 0.6 is 0 Å². The van der Waals surface area contributed by atoms with Crippen LogP contribution in [-0.4, -0.2) is 57.4 Å². The highest BCUT2D eigenvalue weighted by Crippen LogP contribution is 2.24. The molecule has 2 saturated heterocycles. The van der Waals surface area contributed by atoms with Gasteiger partial charge in [-0.05, 0) is 33.5 Å². The molecule has 0 aliphatic carbocycles. The molecule has 2 fully saturated rings. The Morgan fingerprint density at radius 3 is 2.50 bits per heavy atom. The van der Waals surface area contributed by atoms with Gasteiger partial charge in [0.05, 0.1) is 12.2 Å². The summed E-state index contributed by atoms with van der Waals surface area (Å²) in [4.78, 5) is 2.37. The summed E-state index contributed by atoms with van der Waals surface area (Å²) in [5.74, 6) is 0. The third kappa shape index (κ3) is 4.78. The molecule has 0 bridgehead atoms. The minimum atomic E-state index is 0.144. The van der Waals surface area contributed by atoms with Crippen LogP contribution in [0.25, 0.3) is 0 Å². The Balaban J connectivity index is 0.000000509. The quantitative estimate of drug-likeness (QED) is 0.643. The number of rotatable bonds is 0. The average Bonchev–Trinajstić information content (AvgIpc) is 2.35. The lowest BCUT2D eigenvalue weighted by molar-refractivity contribution is -0.113. The molecule has 2 aliphatic heterocycles. The highest BCUT2D eigenvalue weighted by atomic mass is 16.5. The molecule has 0 aromatic rings. The molecule has 98 valence electrons. The van der Waals surface area contributed by atoms with Gasteiger partial charge in [-0.3, -0.25) is 0 Å². The van der Waals surface area contributed by atoms with Crippen molar-refractivity contribution >= 4 is 0 Å². The summed E-state index contributed by atoms with van der Waals surface area (Å²) in [5, 5.41) is 3.41. The fraction of sp³-hybridized carbons (Fsp3) is 1.00. The predicted octanol–water partition coefficient (Wildman–Crippen LogP) is 0.672. The molecular formula is C12H29N3O.